The molecule has 2 aliphatic heterocycles. The molecule has 8 nitrogen and oxygen atoms in total. The summed E-state index contributed by atoms with van der Waals surface area (Å²) in [6.45, 7) is 6.75. The van der Waals surface area contributed by atoms with Gasteiger partial charge in [0, 0.05) is 57.3 Å². The number of carbonyl (C=O) groups is 1. The average Bonchev–Trinajstić information content (AvgIpc) is 3.51. The van der Waals surface area contributed by atoms with Crippen LogP contribution in [0, 0.1) is 0 Å². The van der Waals surface area contributed by atoms with Crippen LogP contribution in [0.1, 0.15) is 51.2 Å². The molecule has 1 saturated carbocycles. The van der Waals surface area contributed by atoms with E-state index in [1.54, 1.807) is 11.2 Å². The molecule has 1 aliphatic carbocycles. The highest BCUT2D eigenvalue weighted by Gasteiger charge is 2.32. The van der Waals surface area contributed by atoms with Crippen LogP contribution in [0.5, 0.6) is 0 Å². The first kappa shape index (κ1) is 22.0. The Morgan fingerprint density at radius 3 is 2.35 bits per heavy atom. The Hall–Kier alpha value is -2.22. The molecule has 0 bridgehead atoms. The number of aliphatic imine (C=N–C) groups is 1. The van der Waals surface area contributed by atoms with Gasteiger partial charge < -0.3 is 29.6 Å². The predicted molar refractivity (Wildman–Crippen MR) is 120 cm³/mol. The molecule has 0 radical (unpaired) electrons. The molecule has 8 heteroatoms. The largest absolute Gasteiger partial charge is 0.469 e. The number of nitrogens with zero attached hydrogens (tertiary/aromatic N) is 3. The van der Waals surface area contributed by atoms with E-state index >= 15 is 0 Å². The van der Waals surface area contributed by atoms with Crippen molar-refractivity contribution in [1.82, 2.24) is 20.4 Å². The topological polar surface area (TPSA) is 82.3 Å². The van der Waals surface area contributed by atoms with E-state index in [4.69, 9.17) is 14.1 Å². The fraction of sp³-hybridized carbons (Fsp3) is 0.739. The van der Waals surface area contributed by atoms with Gasteiger partial charge in [-0.05, 0) is 57.6 Å². The second-order valence-electron chi connectivity index (χ2n) is 8.85. The average molecular weight is 432 g/mol. The number of ether oxygens (including phenoxy) is 1. The van der Waals surface area contributed by atoms with Crippen molar-refractivity contribution in [3.8, 4) is 0 Å². The highest BCUT2D eigenvalue weighted by atomic mass is 16.6. The maximum atomic E-state index is 12.0. The molecule has 0 spiro atoms. The third-order valence-corrected chi connectivity index (χ3v) is 6.50. The zero-order chi connectivity index (χ0) is 21.5. The van der Waals surface area contributed by atoms with Crippen molar-refractivity contribution in [3.05, 3.63) is 24.2 Å². The maximum absolute atomic E-state index is 12.0. The summed E-state index contributed by atoms with van der Waals surface area (Å²) >= 11 is 0. The Labute approximate surface area is 185 Å². The number of likely N-dealkylation sites (tertiary alicyclic amines) is 2. The Kier molecular flexibility index (Phi) is 7.72. The molecule has 0 atom stereocenters. The SMILES string of the molecule is CCOC(=O)N1CCC(NC(=NCCc2ccco2)NC2CCN(C3CC3)CC2)CC1. The Bertz CT molecular complexity index is 703. The van der Waals surface area contributed by atoms with E-state index in [-0.39, 0.29) is 6.09 Å². The van der Waals surface area contributed by atoms with Gasteiger partial charge >= 0.3 is 6.09 Å². The van der Waals surface area contributed by atoms with Crippen molar-refractivity contribution in [2.45, 2.75) is 70.0 Å². The van der Waals surface area contributed by atoms with Crippen LogP contribution in [0.3, 0.4) is 0 Å². The van der Waals surface area contributed by atoms with E-state index in [2.05, 4.69) is 15.5 Å². The lowest BCUT2D eigenvalue weighted by Crippen LogP contribution is -2.53. The number of hydrogen-bond acceptors (Lipinski definition) is 5. The monoisotopic (exact) mass is 431 g/mol. The van der Waals surface area contributed by atoms with Gasteiger partial charge in [0.2, 0.25) is 0 Å². The van der Waals surface area contributed by atoms with Crippen molar-refractivity contribution < 1.29 is 13.9 Å². The number of carbonyl (C=O) groups excluding carboxylic acids is 1. The lowest BCUT2D eigenvalue weighted by molar-refractivity contribution is 0.0962. The van der Waals surface area contributed by atoms with E-state index in [0.717, 1.165) is 63.0 Å². The van der Waals surface area contributed by atoms with Crippen molar-refractivity contribution in [1.29, 1.82) is 0 Å². The maximum Gasteiger partial charge on any atom is 0.409 e. The van der Waals surface area contributed by atoms with E-state index in [0.29, 0.717) is 25.2 Å². The van der Waals surface area contributed by atoms with Gasteiger partial charge in [-0.25, -0.2) is 4.79 Å². The Morgan fingerprint density at radius 1 is 1.10 bits per heavy atom. The van der Waals surface area contributed by atoms with Gasteiger partial charge in [0.1, 0.15) is 5.76 Å². The number of amides is 1. The van der Waals surface area contributed by atoms with Crippen LogP contribution in [-0.2, 0) is 11.2 Å². The first-order valence-corrected chi connectivity index (χ1v) is 12.0. The molecule has 31 heavy (non-hydrogen) atoms. The summed E-state index contributed by atoms with van der Waals surface area (Å²) in [5.74, 6) is 1.86. The molecule has 2 saturated heterocycles. The van der Waals surface area contributed by atoms with Gasteiger partial charge in [0.05, 0.1) is 12.9 Å². The summed E-state index contributed by atoms with van der Waals surface area (Å²) in [6, 6.07) is 5.54. The quantitative estimate of drug-likeness (QED) is 0.510. The van der Waals surface area contributed by atoms with E-state index in [1.165, 1.54) is 25.9 Å². The molecular formula is C23H37N5O3. The predicted octanol–water partition coefficient (Wildman–Crippen LogP) is 2.60. The van der Waals surface area contributed by atoms with Crippen LogP contribution in [0.4, 0.5) is 4.79 Å². The first-order valence-electron chi connectivity index (χ1n) is 12.0. The summed E-state index contributed by atoms with van der Waals surface area (Å²) in [5, 5.41) is 7.33. The molecule has 3 heterocycles. The van der Waals surface area contributed by atoms with Crippen LogP contribution >= 0.6 is 0 Å². The first-order chi connectivity index (χ1) is 15.2. The smallest absolute Gasteiger partial charge is 0.409 e. The van der Waals surface area contributed by atoms with Crippen molar-refractivity contribution in [2.24, 2.45) is 4.99 Å². The summed E-state index contributed by atoms with van der Waals surface area (Å²) in [5.41, 5.74) is 0. The van der Waals surface area contributed by atoms with Crippen LogP contribution in [0.25, 0.3) is 0 Å². The second-order valence-corrected chi connectivity index (χ2v) is 8.85. The van der Waals surface area contributed by atoms with E-state index in [9.17, 15) is 4.79 Å². The van der Waals surface area contributed by atoms with Crippen LogP contribution in [0.2, 0.25) is 0 Å². The van der Waals surface area contributed by atoms with Crippen molar-refractivity contribution in [3.63, 3.8) is 0 Å². The lowest BCUT2D eigenvalue weighted by Gasteiger charge is -2.35. The van der Waals surface area contributed by atoms with Crippen LogP contribution in [0.15, 0.2) is 27.8 Å². The summed E-state index contributed by atoms with van der Waals surface area (Å²) in [4.78, 5) is 21.3. The fourth-order valence-corrected chi connectivity index (χ4v) is 4.52. The molecule has 1 aromatic heterocycles. The van der Waals surface area contributed by atoms with E-state index in [1.807, 2.05) is 19.1 Å². The minimum absolute atomic E-state index is 0.200. The molecule has 2 N–H and O–H groups in total. The third kappa shape index (κ3) is 6.63. The van der Waals surface area contributed by atoms with Crippen LogP contribution in [-0.4, -0.2) is 79.3 Å². The van der Waals surface area contributed by atoms with Crippen molar-refractivity contribution in [2.75, 3.05) is 39.3 Å². The van der Waals surface area contributed by atoms with Gasteiger partial charge in [-0.3, -0.25) is 4.99 Å². The Morgan fingerprint density at radius 2 is 1.77 bits per heavy atom. The van der Waals surface area contributed by atoms with Gasteiger partial charge in [0.25, 0.3) is 0 Å². The zero-order valence-electron chi connectivity index (χ0n) is 18.7. The molecular weight excluding hydrogens is 394 g/mol. The van der Waals surface area contributed by atoms with Gasteiger partial charge in [-0.2, -0.15) is 0 Å². The van der Waals surface area contributed by atoms with Gasteiger partial charge in [-0.1, -0.05) is 0 Å². The van der Waals surface area contributed by atoms with E-state index < -0.39 is 0 Å². The molecule has 0 aromatic carbocycles. The van der Waals surface area contributed by atoms with Gasteiger partial charge in [0.15, 0.2) is 5.96 Å². The molecule has 1 amide bonds. The zero-order valence-corrected chi connectivity index (χ0v) is 18.7. The van der Waals surface area contributed by atoms with Crippen LogP contribution < -0.4 is 10.6 Å². The summed E-state index contributed by atoms with van der Waals surface area (Å²) in [7, 11) is 0. The molecule has 1 aromatic rings. The standard InChI is InChI=1S/C23H37N5O3/c1-2-30-23(29)28-15-10-19(11-16-28)26-22(24-12-7-21-4-3-17-31-21)25-18-8-13-27(14-9-18)20-5-6-20/h3-4,17-20H,2,5-16H2,1H3,(H2,24,25,26). The molecule has 0 unspecified atom stereocenters. The fourth-order valence-electron chi connectivity index (χ4n) is 4.52. The molecule has 172 valence electrons. The minimum Gasteiger partial charge on any atom is -0.469 e. The minimum atomic E-state index is -0.200. The molecule has 3 aliphatic rings. The number of rotatable bonds is 7. The van der Waals surface area contributed by atoms with Crippen molar-refractivity contribution >= 4 is 12.1 Å². The number of hydrogen-bond donors (Lipinski definition) is 2. The number of piperidine rings is 2. The summed E-state index contributed by atoms with van der Waals surface area (Å²) < 4.78 is 10.6. The highest BCUT2D eigenvalue weighted by molar-refractivity contribution is 5.80. The lowest BCUT2D eigenvalue weighted by atomic mass is 10.0. The second kappa shape index (κ2) is 10.9. The Balaban J connectivity index is 1.28. The molecule has 3 fully saturated rings. The third-order valence-electron chi connectivity index (χ3n) is 6.50. The number of nitrogens with one attached hydrogen (secondary N) is 2. The van der Waals surface area contributed by atoms with Gasteiger partial charge in [-0.15, -0.1) is 0 Å². The number of guanidine groups is 1. The normalized spacial score (nSPS) is 21.8. The molecule has 4 rings (SSSR count). The summed E-state index contributed by atoms with van der Waals surface area (Å²) in [6.07, 6.45) is 9.19. The highest BCUT2D eigenvalue weighted by Crippen LogP contribution is 2.29. The number of furan rings is 1.